The third kappa shape index (κ3) is 19.5. The number of carbonyl (C=O) groups is 1. The number of esters is 1. The zero-order chi connectivity index (χ0) is 22.4. The van der Waals surface area contributed by atoms with Gasteiger partial charge in [0.15, 0.2) is 0 Å². The number of rotatable bonds is 19. The molecule has 0 fully saturated rings. The number of hydrogen-bond donors (Lipinski definition) is 0. The summed E-state index contributed by atoms with van der Waals surface area (Å²) in [5.74, 6) is 0.0593. The van der Waals surface area contributed by atoms with E-state index in [9.17, 15) is 4.79 Å². The molecule has 0 unspecified atom stereocenters. The fourth-order valence-electron chi connectivity index (χ4n) is 4.00. The Kier molecular flexibility index (Phi) is 30.8. The van der Waals surface area contributed by atoms with Gasteiger partial charge in [0, 0.05) is 40.8 Å². The second-order valence-corrected chi connectivity index (χ2v) is 8.72. The van der Waals surface area contributed by atoms with E-state index in [1.165, 1.54) is 77.0 Å². The first kappa shape index (κ1) is 35.4. The van der Waals surface area contributed by atoms with E-state index in [-0.39, 0.29) is 52.2 Å². The van der Waals surface area contributed by atoms with Crippen molar-refractivity contribution in [1.29, 1.82) is 0 Å². The van der Waals surface area contributed by atoms with Gasteiger partial charge >= 0.3 is 0 Å². The van der Waals surface area contributed by atoms with Crippen LogP contribution in [-0.2, 0) is 9.53 Å². The molecule has 0 saturated heterocycles. The van der Waals surface area contributed by atoms with E-state index in [2.05, 4.69) is 20.8 Å². The van der Waals surface area contributed by atoms with Crippen LogP contribution in [0.4, 0.5) is 0 Å². The average molecular weight is 556 g/mol. The minimum Gasteiger partial charge on any atom is -0.634 e. The Balaban J connectivity index is -0.00000235. The standard InChI is InChI=1S/C25H49O2.C2H6.Nd/c1-6-9-12-15-16-19-22-25(20-17-13-10-7-2,21-18-14-11-8-3)24(26)27-23(4)5;1-2;/h6-22H2,1-5H3;1-2H3;/q-1;;. The molecule has 180 valence electrons. The van der Waals surface area contributed by atoms with Gasteiger partial charge in [-0.05, 0) is 19.3 Å². The summed E-state index contributed by atoms with van der Waals surface area (Å²) in [5, 5.41) is 0. The number of unbranched alkanes of at least 4 members (excludes halogenated alkanes) is 11. The fraction of sp³-hybridized carbons (Fsp3) is 0.926. The molecule has 0 radical (unpaired) electrons. The fourth-order valence-corrected chi connectivity index (χ4v) is 4.00. The zero-order valence-electron chi connectivity index (χ0n) is 21.8. The van der Waals surface area contributed by atoms with Crippen LogP contribution < -0.4 is 0 Å². The molecule has 0 heterocycles. The van der Waals surface area contributed by atoms with Gasteiger partial charge in [0.2, 0.25) is 0 Å². The molecule has 0 atom stereocenters. The van der Waals surface area contributed by atoms with Gasteiger partial charge in [-0.1, -0.05) is 125 Å². The normalized spacial score (nSPS) is 10.9. The van der Waals surface area contributed by atoms with E-state index in [0.29, 0.717) is 0 Å². The minimum absolute atomic E-state index is 0. The smallest absolute Gasteiger partial charge is 0.280 e. The second kappa shape index (κ2) is 26.1. The first-order valence-corrected chi connectivity index (χ1v) is 13.0. The zero-order valence-corrected chi connectivity index (χ0v) is 25.0. The van der Waals surface area contributed by atoms with Gasteiger partial charge in [-0.3, -0.25) is 4.79 Å². The number of carbonyl (C=O) groups excluding carboxylic acids is 1. The van der Waals surface area contributed by atoms with Gasteiger partial charge in [-0.25, -0.2) is 0 Å². The van der Waals surface area contributed by atoms with Crippen LogP contribution in [0.25, 0.3) is 0 Å². The van der Waals surface area contributed by atoms with Crippen LogP contribution in [0.5, 0.6) is 0 Å². The van der Waals surface area contributed by atoms with Crippen LogP contribution in [0.15, 0.2) is 0 Å². The van der Waals surface area contributed by atoms with Crippen LogP contribution in [0.3, 0.4) is 0 Å². The second-order valence-electron chi connectivity index (χ2n) is 8.72. The molecular formula is C27H55NdO2-. The Morgan fingerprint density at radius 2 is 0.933 bits per heavy atom. The van der Waals surface area contributed by atoms with Crippen LogP contribution >= 0.6 is 0 Å². The third-order valence-electron chi connectivity index (χ3n) is 5.76. The third-order valence-corrected chi connectivity index (χ3v) is 5.76. The van der Waals surface area contributed by atoms with Crippen molar-refractivity contribution in [2.24, 2.45) is 5.41 Å². The molecule has 0 aromatic rings. The number of hydrogen-bond acceptors (Lipinski definition) is 2. The van der Waals surface area contributed by atoms with Crippen LogP contribution in [-0.4, -0.2) is 5.97 Å². The molecular weight excluding hydrogens is 501 g/mol. The van der Waals surface area contributed by atoms with Gasteiger partial charge in [-0.15, -0.1) is 6.10 Å². The molecule has 0 rings (SSSR count). The summed E-state index contributed by atoms with van der Waals surface area (Å²) in [6.07, 6.45) is 21.4. The van der Waals surface area contributed by atoms with Crippen molar-refractivity contribution in [3.63, 3.8) is 0 Å². The van der Waals surface area contributed by atoms with E-state index in [4.69, 9.17) is 4.74 Å². The summed E-state index contributed by atoms with van der Waals surface area (Å²) < 4.78 is 5.70. The largest absolute Gasteiger partial charge is 0.634 e. The van der Waals surface area contributed by atoms with Crippen LogP contribution in [0.2, 0.25) is 0 Å². The molecule has 0 amide bonds. The summed E-state index contributed by atoms with van der Waals surface area (Å²) >= 11 is 0. The molecule has 0 spiro atoms. The topological polar surface area (TPSA) is 26.3 Å². The van der Waals surface area contributed by atoms with Crippen molar-refractivity contribution in [2.45, 2.75) is 158 Å². The van der Waals surface area contributed by atoms with Gasteiger partial charge in [0.1, 0.15) is 0 Å². The van der Waals surface area contributed by atoms with Crippen molar-refractivity contribution >= 4 is 5.97 Å². The van der Waals surface area contributed by atoms with Crippen molar-refractivity contribution in [1.82, 2.24) is 0 Å². The van der Waals surface area contributed by atoms with Gasteiger partial charge < -0.3 is 4.74 Å². The summed E-state index contributed by atoms with van der Waals surface area (Å²) in [7, 11) is 0. The quantitative estimate of drug-likeness (QED) is 0.0900. The van der Waals surface area contributed by atoms with E-state index in [1.54, 1.807) is 0 Å². The molecule has 0 bridgehead atoms. The SMILES string of the molecule is CC.CCCCCCCCC(CCCCCC)(CCCCCC)C(=O)O[C-](C)C.[Nd]. The summed E-state index contributed by atoms with van der Waals surface area (Å²) in [6, 6.07) is 0. The first-order chi connectivity index (χ1) is 14.0. The van der Waals surface area contributed by atoms with Crippen LogP contribution in [0, 0.1) is 52.4 Å². The van der Waals surface area contributed by atoms with Crippen molar-refractivity contribution in [3.05, 3.63) is 6.10 Å². The maximum absolute atomic E-state index is 13.1. The molecule has 30 heavy (non-hydrogen) atoms. The molecule has 0 aliphatic carbocycles. The molecule has 0 aliphatic rings. The Hall–Kier alpha value is 0.821. The Labute approximate surface area is 224 Å². The van der Waals surface area contributed by atoms with E-state index in [1.807, 2.05) is 27.7 Å². The van der Waals surface area contributed by atoms with Crippen LogP contribution in [0.1, 0.15) is 158 Å². The maximum atomic E-state index is 13.1. The molecule has 0 aromatic carbocycles. The molecule has 3 heteroatoms. The van der Waals surface area contributed by atoms with E-state index < -0.39 is 0 Å². The Bertz CT molecular complexity index is 330. The Morgan fingerprint density at radius 3 is 1.27 bits per heavy atom. The maximum Gasteiger partial charge on any atom is 0.280 e. The summed E-state index contributed by atoms with van der Waals surface area (Å²) in [6.45, 7) is 14.6. The van der Waals surface area contributed by atoms with Crippen molar-refractivity contribution in [3.8, 4) is 0 Å². The molecule has 0 aliphatic heterocycles. The number of ether oxygens (including phenoxy) is 1. The average Bonchev–Trinajstić information content (AvgIpc) is 2.71. The van der Waals surface area contributed by atoms with Crippen molar-refractivity contribution < 1.29 is 50.4 Å². The van der Waals surface area contributed by atoms with Gasteiger partial charge in [-0.2, -0.15) is 13.8 Å². The predicted octanol–water partition coefficient (Wildman–Crippen LogP) is 9.81. The molecule has 0 aromatic heterocycles. The Morgan fingerprint density at radius 1 is 0.633 bits per heavy atom. The monoisotopic (exact) mass is 553 g/mol. The van der Waals surface area contributed by atoms with Crippen molar-refractivity contribution in [2.75, 3.05) is 0 Å². The van der Waals surface area contributed by atoms with E-state index >= 15 is 0 Å². The summed E-state index contributed by atoms with van der Waals surface area (Å²) in [5.41, 5.74) is -0.247. The van der Waals surface area contributed by atoms with Gasteiger partial charge in [0.05, 0.1) is 5.41 Å². The summed E-state index contributed by atoms with van der Waals surface area (Å²) in [4.78, 5) is 13.1. The van der Waals surface area contributed by atoms with E-state index in [0.717, 1.165) is 38.2 Å². The van der Waals surface area contributed by atoms with Gasteiger partial charge in [0.25, 0.3) is 5.97 Å². The molecule has 2 nitrogen and oxygen atoms in total. The predicted molar refractivity (Wildman–Crippen MR) is 130 cm³/mol. The molecule has 0 saturated carbocycles. The molecule has 0 N–H and O–H groups in total. The first-order valence-electron chi connectivity index (χ1n) is 13.0. The minimum atomic E-state index is -0.247.